The van der Waals surface area contributed by atoms with E-state index in [1.54, 1.807) is 33.6 Å². The first-order valence-electron chi connectivity index (χ1n) is 5.59. The van der Waals surface area contributed by atoms with E-state index in [1.165, 1.54) is 0 Å². The summed E-state index contributed by atoms with van der Waals surface area (Å²) in [5.41, 5.74) is 0.851. The summed E-state index contributed by atoms with van der Waals surface area (Å²) in [4.78, 5) is 4.28. The average molecular weight is 240 g/mol. The SMILES string of the molecule is COCCCNCc1nccc(OC)c1OC. The molecule has 0 amide bonds. The minimum absolute atomic E-state index is 0.657. The summed E-state index contributed by atoms with van der Waals surface area (Å²) in [7, 11) is 4.94. The van der Waals surface area contributed by atoms with E-state index in [-0.39, 0.29) is 0 Å². The molecule has 1 aromatic heterocycles. The van der Waals surface area contributed by atoms with E-state index in [4.69, 9.17) is 14.2 Å². The second-order valence-electron chi connectivity index (χ2n) is 3.52. The van der Waals surface area contributed by atoms with Gasteiger partial charge in [0.2, 0.25) is 0 Å². The lowest BCUT2D eigenvalue weighted by Gasteiger charge is -2.11. The van der Waals surface area contributed by atoms with Crippen LogP contribution in [0.1, 0.15) is 12.1 Å². The van der Waals surface area contributed by atoms with E-state index < -0.39 is 0 Å². The summed E-state index contributed by atoms with van der Waals surface area (Å²) in [6.45, 7) is 2.30. The van der Waals surface area contributed by atoms with Crippen LogP contribution >= 0.6 is 0 Å². The Balaban J connectivity index is 2.52. The molecule has 5 heteroatoms. The van der Waals surface area contributed by atoms with Crippen LogP contribution < -0.4 is 14.8 Å². The van der Waals surface area contributed by atoms with E-state index >= 15 is 0 Å². The predicted octanol–water partition coefficient (Wildman–Crippen LogP) is 1.22. The number of hydrogen-bond donors (Lipinski definition) is 1. The van der Waals surface area contributed by atoms with Gasteiger partial charge in [0.1, 0.15) is 0 Å². The Bertz CT molecular complexity index is 332. The second kappa shape index (κ2) is 7.86. The molecule has 0 saturated carbocycles. The molecule has 0 aliphatic carbocycles. The van der Waals surface area contributed by atoms with Gasteiger partial charge in [0.15, 0.2) is 11.5 Å². The third-order valence-corrected chi connectivity index (χ3v) is 2.36. The first kappa shape index (κ1) is 13.7. The van der Waals surface area contributed by atoms with Crippen LogP contribution in [0, 0.1) is 0 Å². The Kier molecular flexibility index (Phi) is 6.35. The molecule has 1 rings (SSSR count). The van der Waals surface area contributed by atoms with Gasteiger partial charge in [0.05, 0.1) is 19.9 Å². The highest BCUT2D eigenvalue weighted by atomic mass is 16.5. The van der Waals surface area contributed by atoms with E-state index in [2.05, 4.69) is 10.3 Å². The Hall–Kier alpha value is -1.33. The predicted molar refractivity (Wildman–Crippen MR) is 65.5 cm³/mol. The van der Waals surface area contributed by atoms with Crippen LogP contribution in [0.2, 0.25) is 0 Å². The van der Waals surface area contributed by atoms with Gasteiger partial charge in [-0.3, -0.25) is 4.98 Å². The molecule has 0 aliphatic heterocycles. The minimum atomic E-state index is 0.657. The van der Waals surface area contributed by atoms with Gasteiger partial charge in [-0.2, -0.15) is 0 Å². The molecule has 5 nitrogen and oxygen atoms in total. The van der Waals surface area contributed by atoms with E-state index in [0.717, 1.165) is 25.3 Å². The van der Waals surface area contributed by atoms with Crippen molar-refractivity contribution in [1.29, 1.82) is 0 Å². The number of aromatic nitrogens is 1. The van der Waals surface area contributed by atoms with Crippen LogP contribution in [0.5, 0.6) is 11.5 Å². The molecule has 0 saturated heterocycles. The molecule has 1 N–H and O–H groups in total. The average Bonchev–Trinajstić information content (AvgIpc) is 2.38. The quantitative estimate of drug-likeness (QED) is 0.692. The molecular weight excluding hydrogens is 220 g/mol. The zero-order valence-electron chi connectivity index (χ0n) is 10.7. The van der Waals surface area contributed by atoms with Crippen LogP contribution in [0.25, 0.3) is 0 Å². The molecule has 0 radical (unpaired) electrons. The molecule has 0 unspecified atom stereocenters. The van der Waals surface area contributed by atoms with E-state index in [0.29, 0.717) is 18.0 Å². The van der Waals surface area contributed by atoms with Crippen molar-refractivity contribution < 1.29 is 14.2 Å². The lowest BCUT2D eigenvalue weighted by molar-refractivity contribution is 0.194. The summed E-state index contributed by atoms with van der Waals surface area (Å²) in [5.74, 6) is 1.39. The van der Waals surface area contributed by atoms with Crippen molar-refractivity contribution >= 4 is 0 Å². The van der Waals surface area contributed by atoms with Crippen molar-refractivity contribution in [2.45, 2.75) is 13.0 Å². The minimum Gasteiger partial charge on any atom is -0.493 e. The zero-order valence-corrected chi connectivity index (χ0v) is 10.7. The van der Waals surface area contributed by atoms with Gasteiger partial charge in [-0.05, 0) is 13.0 Å². The van der Waals surface area contributed by atoms with Gasteiger partial charge in [0, 0.05) is 32.5 Å². The van der Waals surface area contributed by atoms with Crippen molar-refractivity contribution in [3.63, 3.8) is 0 Å². The summed E-state index contributed by atoms with van der Waals surface area (Å²) in [6, 6.07) is 1.78. The van der Waals surface area contributed by atoms with Gasteiger partial charge in [0.25, 0.3) is 0 Å². The highest BCUT2D eigenvalue weighted by Crippen LogP contribution is 2.28. The molecule has 0 aliphatic rings. The van der Waals surface area contributed by atoms with Gasteiger partial charge in [-0.25, -0.2) is 0 Å². The molecule has 1 heterocycles. The maximum absolute atomic E-state index is 5.29. The van der Waals surface area contributed by atoms with Crippen molar-refractivity contribution in [2.75, 3.05) is 34.5 Å². The lowest BCUT2D eigenvalue weighted by Crippen LogP contribution is -2.17. The van der Waals surface area contributed by atoms with Crippen molar-refractivity contribution in [3.05, 3.63) is 18.0 Å². The van der Waals surface area contributed by atoms with E-state index in [9.17, 15) is 0 Å². The fourth-order valence-electron chi connectivity index (χ4n) is 1.52. The largest absolute Gasteiger partial charge is 0.493 e. The number of nitrogens with one attached hydrogen (secondary N) is 1. The Morgan fingerprint density at radius 3 is 2.71 bits per heavy atom. The highest BCUT2D eigenvalue weighted by molar-refractivity contribution is 5.42. The Morgan fingerprint density at radius 2 is 2.06 bits per heavy atom. The molecular formula is C12H20N2O3. The topological polar surface area (TPSA) is 52.6 Å². The molecule has 1 aromatic rings. The van der Waals surface area contributed by atoms with Crippen molar-refractivity contribution in [3.8, 4) is 11.5 Å². The molecule has 0 spiro atoms. The maximum Gasteiger partial charge on any atom is 0.183 e. The van der Waals surface area contributed by atoms with Crippen LogP contribution in [-0.2, 0) is 11.3 Å². The second-order valence-corrected chi connectivity index (χ2v) is 3.52. The van der Waals surface area contributed by atoms with Gasteiger partial charge < -0.3 is 19.5 Å². The number of nitrogens with zero attached hydrogens (tertiary/aromatic N) is 1. The number of hydrogen-bond acceptors (Lipinski definition) is 5. The third-order valence-electron chi connectivity index (χ3n) is 2.36. The third kappa shape index (κ3) is 4.20. The normalized spacial score (nSPS) is 10.3. The van der Waals surface area contributed by atoms with Crippen LogP contribution in [-0.4, -0.2) is 39.5 Å². The number of pyridine rings is 1. The van der Waals surface area contributed by atoms with Crippen molar-refractivity contribution in [1.82, 2.24) is 10.3 Å². The molecule has 17 heavy (non-hydrogen) atoms. The summed E-state index contributed by atoms with van der Waals surface area (Å²) < 4.78 is 15.5. The fraction of sp³-hybridized carbons (Fsp3) is 0.583. The molecule has 0 aromatic carbocycles. The van der Waals surface area contributed by atoms with Crippen LogP contribution in [0.4, 0.5) is 0 Å². The Morgan fingerprint density at radius 1 is 1.24 bits per heavy atom. The summed E-state index contributed by atoms with van der Waals surface area (Å²) in [6.07, 6.45) is 2.69. The molecule has 0 fully saturated rings. The van der Waals surface area contributed by atoms with Crippen molar-refractivity contribution in [2.24, 2.45) is 0 Å². The monoisotopic (exact) mass is 240 g/mol. The molecule has 0 atom stereocenters. The summed E-state index contributed by atoms with van der Waals surface area (Å²) in [5, 5.41) is 3.28. The highest BCUT2D eigenvalue weighted by Gasteiger charge is 2.09. The fourth-order valence-corrected chi connectivity index (χ4v) is 1.52. The van der Waals surface area contributed by atoms with Gasteiger partial charge in [-0.1, -0.05) is 0 Å². The van der Waals surface area contributed by atoms with Gasteiger partial charge in [-0.15, -0.1) is 0 Å². The lowest BCUT2D eigenvalue weighted by atomic mass is 10.3. The number of ether oxygens (including phenoxy) is 3. The first-order chi connectivity index (χ1) is 8.33. The van der Waals surface area contributed by atoms with Crippen LogP contribution in [0.15, 0.2) is 12.3 Å². The maximum atomic E-state index is 5.29. The zero-order chi connectivity index (χ0) is 12.5. The van der Waals surface area contributed by atoms with Gasteiger partial charge >= 0.3 is 0 Å². The molecule has 0 bridgehead atoms. The summed E-state index contributed by atoms with van der Waals surface area (Å²) >= 11 is 0. The smallest absolute Gasteiger partial charge is 0.183 e. The molecule has 96 valence electrons. The number of methoxy groups -OCH3 is 3. The standard InChI is InChI=1S/C12H20N2O3/c1-15-8-4-6-13-9-10-12(17-3)11(16-2)5-7-14-10/h5,7,13H,4,6,8-9H2,1-3H3. The number of rotatable bonds is 8. The Labute approximate surface area is 102 Å². The first-order valence-corrected chi connectivity index (χ1v) is 5.59. The van der Waals surface area contributed by atoms with E-state index in [1.807, 2.05) is 0 Å². The van der Waals surface area contributed by atoms with Crippen LogP contribution in [0.3, 0.4) is 0 Å².